The van der Waals surface area contributed by atoms with Crippen LogP contribution in [0.4, 0.5) is 0 Å². The minimum absolute atomic E-state index is 0.0303. The number of hydrogen-bond acceptors (Lipinski definition) is 4. The molecule has 0 spiro atoms. The highest BCUT2D eigenvalue weighted by Gasteiger charge is 2.09. The minimum Gasteiger partial charge on any atom is -0.313 e. The number of ketones is 1. The molecule has 6 heteroatoms. The van der Waals surface area contributed by atoms with Crippen molar-refractivity contribution in [1.82, 2.24) is 19.7 Å². The van der Waals surface area contributed by atoms with Crippen LogP contribution < -0.4 is 5.32 Å². The summed E-state index contributed by atoms with van der Waals surface area (Å²) in [6.45, 7) is 0.290. The van der Waals surface area contributed by atoms with E-state index in [1.807, 2.05) is 0 Å². The van der Waals surface area contributed by atoms with E-state index in [1.54, 1.807) is 30.0 Å². The molecule has 2 aromatic rings. The van der Waals surface area contributed by atoms with Crippen LogP contribution in [0.15, 0.2) is 23.2 Å². The Bertz CT molecular complexity index is 508. The second-order valence-electron chi connectivity index (χ2n) is 3.06. The second kappa shape index (κ2) is 4.08. The summed E-state index contributed by atoms with van der Waals surface area (Å²) in [5.41, 5.74) is 1.11. The van der Waals surface area contributed by atoms with Crippen molar-refractivity contribution >= 4 is 27.4 Å². The lowest BCUT2D eigenvalue weighted by Gasteiger charge is -1.92. The highest BCUT2D eigenvalue weighted by molar-refractivity contribution is 9.10. The molecule has 0 saturated heterocycles. The summed E-state index contributed by atoms with van der Waals surface area (Å²) in [5.74, 6) is -0.0303. The number of imidazole rings is 1. The van der Waals surface area contributed by atoms with Crippen molar-refractivity contribution in [3.8, 4) is 0 Å². The predicted molar refractivity (Wildman–Crippen MR) is 58.9 cm³/mol. The number of carbonyl (C=O) groups is 1. The average molecular weight is 269 g/mol. The van der Waals surface area contributed by atoms with Gasteiger partial charge in [0.25, 0.3) is 0 Å². The van der Waals surface area contributed by atoms with Crippen LogP contribution in [-0.2, 0) is 0 Å². The number of carbonyl (C=O) groups excluding carboxylic acids is 1. The van der Waals surface area contributed by atoms with Crippen molar-refractivity contribution in [1.29, 1.82) is 0 Å². The number of Topliss-reactive ketones (excluding diaryl/α,β-unsaturated/α-hetero) is 1. The maximum Gasteiger partial charge on any atom is 0.196 e. The standard InChI is InChI=1S/C9H9BrN4O/c1-11-2-7(15)6-4-14-5-8(10)12-3-9(14)13-6/h3-5,11H,2H2,1H3. The van der Waals surface area contributed by atoms with Crippen LogP contribution in [0.1, 0.15) is 10.5 Å². The van der Waals surface area contributed by atoms with E-state index in [9.17, 15) is 4.79 Å². The Hall–Kier alpha value is -1.27. The molecule has 0 saturated carbocycles. The molecule has 0 aliphatic rings. The number of aromatic nitrogens is 3. The van der Waals surface area contributed by atoms with Crippen LogP contribution in [-0.4, -0.2) is 33.7 Å². The fourth-order valence-corrected chi connectivity index (χ4v) is 1.58. The number of nitrogens with zero attached hydrogens (tertiary/aromatic N) is 3. The van der Waals surface area contributed by atoms with Gasteiger partial charge in [0.1, 0.15) is 10.3 Å². The summed E-state index contributed by atoms with van der Waals surface area (Å²) in [5, 5.41) is 2.80. The van der Waals surface area contributed by atoms with Crippen molar-refractivity contribution < 1.29 is 4.79 Å². The Morgan fingerprint density at radius 1 is 1.60 bits per heavy atom. The minimum atomic E-state index is -0.0303. The first-order valence-electron chi connectivity index (χ1n) is 4.39. The lowest BCUT2D eigenvalue weighted by atomic mass is 10.3. The zero-order valence-electron chi connectivity index (χ0n) is 8.07. The van der Waals surface area contributed by atoms with E-state index in [0.717, 1.165) is 0 Å². The maximum absolute atomic E-state index is 11.5. The monoisotopic (exact) mass is 268 g/mol. The molecule has 2 aromatic heterocycles. The number of rotatable bonds is 3. The van der Waals surface area contributed by atoms with Gasteiger partial charge in [0.15, 0.2) is 11.4 Å². The molecule has 2 rings (SSSR count). The molecule has 0 amide bonds. The van der Waals surface area contributed by atoms with Crippen molar-refractivity contribution in [3.05, 3.63) is 28.9 Å². The quantitative estimate of drug-likeness (QED) is 0.841. The van der Waals surface area contributed by atoms with Gasteiger partial charge in [-0.25, -0.2) is 9.97 Å². The van der Waals surface area contributed by atoms with Crippen LogP contribution in [0, 0.1) is 0 Å². The summed E-state index contributed by atoms with van der Waals surface area (Å²) >= 11 is 3.25. The van der Waals surface area contributed by atoms with Crippen LogP contribution in [0.25, 0.3) is 5.65 Å². The molecular weight excluding hydrogens is 260 g/mol. The van der Waals surface area contributed by atoms with E-state index in [-0.39, 0.29) is 5.78 Å². The summed E-state index contributed by atoms with van der Waals surface area (Å²) < 4.78 is 2.47. The topological polar surface area (TPSA) is 59.3 Å². The fraction of sp³-hybridized carbons (Fsp3) is 0.222. The van der Waals surface area contributed by atoms with Gasteiger partial charge in [-0.05, 0) is 23.0 Å². The molecule has 0 atom stereocenters. The first kappa shape index (κ1) is 10.3. The van der Waals surface area contributed by atoms with E-state index in [2.05, 4.69) is 31.2 Å². The fourth-order valence-electron chi connectivity index (χ4n) is 1.26. The maximum atomic E-state index is 11.5. The third-order valence-electron chi connectivity index (χ3n) is 1.93. The Morgan fingerprint density at radius 3 is 3.13 bits per heavy atom. The van der Waals surface area contributed by atoms with Gasteiger partial charge >= 0.3 is 0 Å². The Balaban J connectivity index is 2.42. The highest BCUT2D eigenvalue weighted by atomic mass is 79.9. The molecule has 0 bridgehead atoms. The lowest BCUT2D eigenvalue weighted by Crippen LogP contribution is -2.18. The molecular formula is C9H9BrN4O. The predicted octanol–water partition coefficient (Wildman–Crippen LogP) is 0.894. The van der Waals surface area contributed by atoms with Gasteiger partial charge in [-0.2, -0.15) is 0 Å². The van der Waals surface area contributed by atoms with E-state index in [1.165, 1.54) is 0 Å². The summed E-state index contributed by atoms with van der Waals surface area (Å²) in [6, 6.07) is 0. The first-order chi connectivity index (χ1) is 7.20. The first-order valence-corrected chi connectivity index (χ1v) is 5.18. The van der Waals surface area contributed by atoms with Crippen LogP contribution in [0.5, 0.6) is 0 Å². The van der Waals surface area contributed by atoms with Gasteiger partial charge in [-0.1, -0.05) is 0 Å². The smallest absolute Gasteiger partial charge is 0.196 e. The molecule has 0 unspecified atom stereocenters. The molecule has 0 radical (unpaired) electrons. The van der Waals surface area contributed by atoms with Crippen LogP contribution >= 0.6 is 15.9 Å². The molecule has 5 nitrogen and oxygen atoms in total. The number of halogens is 1. The number of hydrogen-bond donors (Lipinski definition) is 1. The van der Waals surface area contributed by atoms with Crippen LogP contribution in [0.3, 0.4) is 0 Å². The van der Waals surface area contributed by atoms with Gasteiger partial charge < -0.3 is 9.72 Å². The summed E-state index contributed by atoms with van der Waals surface area (Å²) in [6.07, 6.45) is 5.07. The number of likely N-dealkylation sites (N-methyl/N-ethyl adjacent to an activating group) is 1. The second-order valence-corrected chi connectivity index (χ2v) is 3.87. The third-order valence-corrected chi connectivity index (χ3v) is 2.34. The van der Waals surface area contributed by atoms with Crippen molar-refractivity contribution in [2.24, 2.45) is 0 Å². The van der Waals surface area contributed by atoms with E-state index >= 15 is 0 Å². The average Bonchev–Trinajstić information content (AvgIpc) is 2.60. The van der Waals surface area contributed by atoms with Crippen molar-refractivity contribution in [2.45, 2.75) is 0 Å². The lowest BCUT2D eigenvalue weighted by molar-refractivity contribution is 0.0989. The van der Waals surface area contributed by atoms with Gasteiger partial charge in [0.2, 0.25) is 0 Å². The molecule has 0 aliphatic heterocycles. The highest BCUT2D eigenvalue weighted by Crippen LogP contribution is 2.09. The Kier molecular flexibility index (Phi) is 2.79. The van der Waals surface area contributed by atoms with Gasteiger partial charge in [-0.3, -0.25) is 4.79 Å². The number of nitrogens with one attached hydrogen (secondary N) is 1. The number of fused-ring (bicyclic) bond motifs is 1. The van der Waals surface area contributed by atoms with Crippen molar-refractivity contribution in [3.63, 3.8) is 0 Å². The van der Waals surface area contributed by atoms with Gasteiger partial charge in [0, 0.05) is 12.4 Å². The van der Waals surface area contributed by atoms with Gasteiger partial charge in [0.05, 0.1) is 12.7 Å². The zero-order chi connectivity index (χ0) is 10.8. The van der Waals surface area contributed by atoms with Crippen LogP contribution in [0.2, 0.25) is 0 Å². The molecule has 1 N–H and O–H groups in total. The molecule has 0 fully saturated rings. The Morgan fingerprint density at radius 2 is 2.40 bits per heavy atom. The molecule has 0 aromatic carbocycles. The van der Waals surface area contributed by atoms with Gasteiger partial charge in [-0.15, -0.1) is 0 Å². The molecule has 2 heterocycles. The van der Waals surface area contributed by atoms with E-state index in [0.29, 0.717) is 22.5 Å². The largest absolute Gasteiger partial charge is 0.313 e. The van der Waals surface area contributed by atoms with E-state index in [4.69, 9.17) is 0 Å². The van der Waals surface area contributed by atoms with E-state index < -0.39 is 0 Å². The summed E-state index contributed by atoms with van der Waals surface area (Å²) in [4.78, 5) is 19.7. The zero-order valence-corrected chi connectivity index (χ0v) is 9.65. The molecule has 78 valence electrons. The van der Waals surface area contributed by atoms with Crippen molar-refractivity contribution in [2.75, 3.05) is 13.6 Å². The third kappa shape index (κ3) is 2.05. The molecule has 15 heavy (non-hydrogen) atoms. The Labute approximate surface area is 94.7 Å². The normalized spacial score (nSPS) is 10.8. The molecule has 0 aliphatic carbocycles. The SMILES string of the molecule is CNCC(=O)c1cn2cc(Br)ncc2n1. The summed E-state index contributed by atoms with van der Waals surface area (Å²) in [7, 11) is 1.73.